The standard InChI is InChI=1S/C11H16N2O4S/c1-8(6-11(14)15)7-13-9-4-2-3-5-10(9)18(12,16)17/h2-5,8,13H,6-7H2,1H3,(H,14,15)(H2,12,16,17). The molecular formula is C11H16N2O4S. The molecule has 18 heavy (non-hydrogen) atoms. The minimum Gasteiger partial charge on any atom is -0.481 e. The van der Waals surface area contributed by atoms with Crippen LogP contribution in [0.3, 0.4) is 0 Å². The van der Waals surface area contributed by atoms with Gasteiger partial charge in [-0.2, -0.15) is 0 Å². The summed E-state index contributed by atoms with van der Waals surface area (Å²) in [5, 5.41) is 16.6. The first-order valence-electron chi connectivity index (χ1n) is 5.38. The number of sulfonamides is 1. The molecule has 0 aliphatic heterocycles. The average Bonchev–Trinajstić information content (AvgIpc) is 2.24. The topological polar surface area (TPSA) is 109 Å². The van der Waals surface area contributed by atoms with Crippen LogP contribution in [0.1, 0.15) is 13.3 Å². The van der Waals surface area contributed by atoms with Crippen LogP contribution in [0.4, 0.5) is 5.69 Å². The van der Waals surface area contributed by atoms with Crippen LogP contribution in [0.15, 0.2) is 29.2 Å². The number of para-hydroxylation sites is 1. The van der Waals surface area contributed by atoms with Gasteiger partial charge in [0.2, 0.25) is 10.0 Å². The molecule has 0 saturated carbocycles. The van der Waals surface area contributed by atoms with Gasteiger partial charge in [-0.25, -0.2) is 13.6 Å². The molecule has 6 nitrogen and oxygen atoms in total. The molecule has 1 aromatic carbocycles. The lowest BCUT2D eigenvalue weighted by Crippen LogP contribution is -2.18. The number of hydrogen-bond donors (Lipinski definition) is 3. The van der Waals surface area contributed by atoms with E-state index < -0.39 is 16.0 Å². The molecular weight excluding hydrogens is 256 g/mol. The Morgan fingerprint density at radius 3 is 2.61 bits per heavy atom. The highest BCUT2D eigenvalue weighted by Crippen LogP contribution is 2.19. The van der Waals surface area contributed by atoms with Crippen molar-refractivity contribution in [3.63, 3.8) is 0 Å². The molecule has 1 unspecified atom stereocenters. The maximum atomic E-state index is 11.3. The van der Waals surface area contributed by atoms with E-state index >= 15 is 0 Å². The van der Waals surface area contributed by atoms with E-state index in [2.05, 4.69) is 5.32 Å². The second-order valence-corrected chi connectivity index (χ2v) is 5.65. The number of carboxylic acids is 1. The van der Waals surface area contributed by atoms with Crippen LogP contribution < -0.4 is 10.5 Å². The predicted octanol–water partition coefficient (Wildman–Crippen LogP) is 0.857. The Morgan fingerprint density at radius 2 is 2.06 bits per heavy atom. The summed E-state index contributed by atoms with van der Waals surface area (Å²) >= 11 is 0. The number of nitrogens with one attached hydrogen (secondary N) is 1. The summed E-state index contributed by atoms with van der Waals surface area (Å²) in [5.74, 6) is -1.000. The van der Waals surface area contributed by atoms with Crippen molar-refractivity contribution in [1.29, 1.82) is 0 Å². The Balaban J connectivity index is 2.77. The highest BCUT2D eigenvalue weighted by atomic mass is 32.2. The summed E-state index contributed by atoms with van der Waals surface area (Å²) in [7, 11) is -3.78. The van der Waals surface area contributed by atoms with Crippen LogP contribution in [0.2, 0.25) is 0 Å². The van der Waals surface area contributed by atoms with Gasteiger partial charge in [0.05, 0.1) is 5.69 Å². The van der Waals surface area contributed by atoms with E-state index in [0.717, 1.165) is 0 Å². The first-order chi connectivity index (χ1) is 8.30. The lowest BCUT2D eigenvalue weighted by atomic mass is 10.1. The molecule has 4 N–H and O–H groups in total. The molecule has 7 heteroatoms. The number of anilines is 1. The summed E-state index contributed by atoms with van der Waals surface area (Å²) in [4.78, 5) is 10.5. The number of rotatable bonds is 6. The highest BCUT2D eigenvalue weighted by molar-refractivity contribution is 7.89. The van der Waals surface area contributed by atoms with Gasteiger partial charge >= 0.3 is 5.97 Å². The molecule has 1 aromatic rings. The fourth-order valence-corrected chi connectivity index (χ4v) is 2.23. The maximum absolute atomic E-state index is 11.3. The number of carbonyl (C=O) groups is 1. The molecule has 0 spiro atoms. The zero-order valence-corrected chi connectivity index (χ0v) is 10.8. The van der Waals surface area contributed by atoms with Crippen molar-refractivity contribution in [3.8, 4) is 0 Å². The lowest BCUT2D eigenvalue weighted by molar-refractivity contribution is -0.137. The fourth-order valence-electron chi connectivity index (χ4n) is 1.52. The smallest absolute Gasteiger partial charge is 0.303 e. The normalized spacial score (nSPS) is 13.0. The maximum Gasteiger partial charge on any atom is 0.303 e. The Labute approximate surface area is 106 Å². The molecule has 0 heterocycles. The number of nitrogens with two attached hydrogens (primary N) is 1. The summed E-state index contributed by atoms with van der Waals surface area (Å²) in [6, 6.07) is 6.25. The zero-order chi connectivity index (χ0) is 13.8. The molecule has 0 bridgehead atoms. The number of primary sulfonamides is 1. The summed E-state index contributed by atoms with van der Waals surface area (Å²) in [5.41, 5.74) is 0.386. The van der Waals surface area contributed by atoms with Gasteiger partial charge in [0.1, 0.15) is 4.90 Å². The molecule has 0 aromatic heterocycles. The van der Waals surface area contributed by atoms with Crippen molar-refractivity contribution in [2.24, 2.45) is 11.1 Å². The average molecular weight is 272 g/mol. The van der Waals surface area contributed by atoms with E-state index in [4.69, 9.17) is 10.2 Å². The van der Waals surface area contributed by atoms with Gasteiger partial charge in [-0.15, -0.1) is 0 Å². The van der Waals surface area contributed by atoms with Gasteiger partial charge in [0.15, 0.2) is 0 Å². The van der Waals surface area contributed by atoms with Gasteiger partial charge in [0.25, 0.3) is 0 Å². The van der Waals surface area contributed by atoms with Crippen LogP contribution in [0.5, 0.6) is 0 Å². The number of benzene rings is 1. The van der Waals surface area contributed by atoms with Crippen molar-refractivity contribution in [1.82, 2.24) is 0 Å². The van der Waals surface area contributed by atoms with Crippen molar-refractivity contribution < 1.29 is 18.3 Å². The number of hydrogen-bond acceptors (Lipinski definition) is 4. The Hall–Kier alpha value is -1.60. The molecule has 100 valence electrons. The van der Waals surface area contributed by atoms with Gasteiger partial charge < -0.3 is 10.4 Å². The van der Waals surface area contributed by atoms with E-state index in [1.807, 2.05) is 0 Å². The third-order valence-electron chi connectivity index (χ3n) is 2.36. The Kier molecular flexibility index (Phi) is 4.69. The summed E-state index contributed by atoms with van der Waals surface area (Å²) in [6.07, 6.45) is 0.0184. The van der Waals surface area contributed by atoms with Crippen molar-refractivity contribution in [3.05, 3.63) is 24.3 Å². The van der Waals surface area contributed by atoms with E-state index in [9.17, 15) is 13.2 Å². The quantitative estimate of drug-likeness (QED) is 0.711. The van der Waals surface area contributed by atoms with E-state index in [-0.39, 0.29) is 17.2 Å². The largest absolute Gasteiger partial charge is 0.481 e. The van der Waals surface area contributed by atoms with E-state index in [1.165, 1.54) is 6.07 Å². The summed E-state index contributed by atoms with van der Waals surface area (Å²) in [6.45, 7) is 2.12. The van der Waals surface area contributed by atoms with Gasteiger partial charge in [-0.05, 0) is 18.1 Å². The van der Waals surface area contributed by atoms with Gasteiger partial charge in [0, 0.05) is 13.0 Å². The van der Waals surface area contributed by atoms with Gasteiger partial charge in [-0.1, -0.05) is 19.1 Å². The third-order valence-corrected chi connectivity index (χ3v) is 3.33. The minimum atomic E-state index is -3.78. The van der Waals surface area contributed by atoms with Crippen LogP contribution in [0.25, 0.3) is 0 Å². The molecule has 1 atom stereocenters. The van der Waals surface area contributed by atoms with E-state index in [0.29, 0.717) is 12.2 Å². The van der Waals surface area contributed by atoms with Crippen LogP contribution in [0, 0.1) is 5.92 Å². The van der Waals surface area contributed by atoms with Crippen molar-refractivity contribution in [2.45, 2.75) is 18.2 Å². The molecule has 0 saturated heterocycles. The Morgan fingerprint density at radius 1 is 1.44 bits per heavy atom. The van der Waals surface area contributed by atoms with Crippen LogP contribution in [-0.4, -0.2) is 26.0 Å². The molecule has 0 aliphatic carbocycles. The Bertz CT molecular complexity index is 528. The second-order valence-electron chi connectivity index (χ2n) is 4.13. The van der Waals surface area contributed by atoms with Gasteiger partial charge in [-0.3, -0.25) is 4.79 Å². The van der Waals surface area contributed by atoms with Crippen LogP contribution in [-0.2, 0) is 14.8 Å². The molecule has 0 fully saturated rings. The van der Waals surface area contributed by atoms with Crippen LogP contribution >= 0.6 is 0 Å². The molecule has 1 rings (SSSR count). The highest BCUT2D eigenvalue weighted by Gasteiger charge is 2.14. The fraction of sp³-hybridized carbons (Fsp3) is 0.364. The monoisotopic (exact) mass is 272 g/mol. The molecule has 0 radical (unpaired) electrons. The second kappa shape index (κ2) is 5.83. The minimum absolute atomic E-state index is 0.00697. The number of aliphatic carboxylic acids is 1. The molecule has 0 amide bonds. The van der Waals surface area contributed by atoms with Crippen molar-refractivity contribution >= 4 is 21.7 Å². The summed E-state index contributed by atoms with van der Waals surface area (Å²) < 4.78 is 22.6. The van der Waals surface area contributed by atoms with Crippen molar-refractivity contribution in [2.75, 3.05) is 11.9 Å². The first kappa shape index (κ1) is 14.5. The van der Waals surface area contributed by atoms with E-state index in [1.54, 1.807) is 25.1 Å². The SMILES string of the molecule is CC(CNc1ccccc1S(N)(=O)=O)CC(=O)O. The molecule has 0 aliphatic rings. The first-order valence-corrected chi connectivity index (χ1v) is 6.93. The zero-order valence-electron chi connectivity index (χ0n) is 9.96. The third kappa shape index (κ3) is 4.34. The number of carboxylic acid groups (broad SMARTS) is 1. The lowest BCUT2D eigenvalue weighted by Gasteiger charge is -2.13. The predicted molar refractivity (Wildman–Crippen MR) is 67.7 cm³/mol.